The largest absolute Gasteiger partial charge is 0.311 e. The van der Waals surface area contributed by atoms with Crippen molar-refractivity contribution in [2.45, 2.75) is 63.2 Å². The third-order valence-corrected chi connectivity index (χ3v) is 27.5. The Morgan fingerprint density at radius 2 is 0.585 bits per heavy atom. The van der Waals surface area contributed by atoms with E-state index in [1.165, 1.54) is 0 Å². The highest BCUT2D eigenvalue weighted by Crippen LogP contribution is 2.68. The van der Waals surface area contributed by atoms with Gasteiger partial charge in [0.2, 0.25) is 0 Å². The van der Waals surface area contributed by atoms with E-state index in [0.29, 0.717) is 22.7 Å². The summed E-state index contributed by atoms with van der Waals surface area (Å²) in [5.74, 6) is 0. The summed E-state index contributed by atoms with van der Waals surface area (Å²) in [6.07, 6.45) is 0. The maximum absolute atomic E-state index is 10.1. The molecular weight excluding hydrogens is 1480 g/mol. The van der Waals surface area contributed by atoms with Crippen molar-refractivity contribution in [3.63, 3.8) is 0 Å². The number of aromatic nitrogens is 2. The average Bonchev–Trinajstić information content (AvgIpc) is 1.57. The van der Waals surface area contributed by atoms with Crippen LogP contribution >= 0.6 is 0 Å². The number of fused-ring (bicyclic) bond motifs is 30. The summed E-state index contributed by atoms with van der Waals surface area (Å²) in [6, 6.07) is 98.4. The van der Waals surface area contributed by atoms with Crippen molar-refractivity contribution in [2.75, 3.05) is 9.80 Å². The Morgan fingerprint density at radius 1 is 0.252 bits per heavy atom. The first-order valence-corrected chi connectivity index (χ1v) is 42.3. The Bertz CT molecular complexity index is 8280. The van der Waals surface area contributed by atoms with E-state index in [1.807, 2.05) is 36.4 Å². The second-order valence-electron chi connectivity index (χ2n) is 35.7. The molecule has 0 amide bonds. The van der Waals surface area contributed by atoms with Crippen LogP contribution in [0.5, 0.6) is 0 Å². The molecule has 0 saturated carbocycles. The fourth-order valence-electron chi connectivity index (χ4n) is 22.3. The van der Waals surface area contributed by atoms with Gasteiger partial charge in [0, 0.05) is 66.8 Å². The predicted molar refractivity (Wildman–Crippen MR) is 515 cm³/mol. The Morgan fingerprint density at radius 3 is 0.959 bits per heavy atom. The van der Waals surface area contributed by atoms with E-state index in [2.05, 4.69) is 312 Å². The number of benzene rings is 18. The molecule has 4 nitrogen and oxygen atoms in total. The van der Waals surface area contributed by atoms with Gasteiger partial charge in [0.15, 0.2) is 0 Å². The quantitative estimate of drug-likeness (QED) is 0.148. The fraction of sp³-hybridized carbons (Fsp3) is 0.0847. The molecule has 123 heavy (non-hydrogen) atoms. The molecule has 18 aromatic carbocycles. The van der Waals surface area contributed by atoms with E-state index in [4.69, 9.17) is 0 Å². The van der Waals surface area contributed by atoms with Crippen LogP contribution in [-0.2, 0) is 21.7 Å². The molecule has 26 rings (SSSR count). The van der Waals surface area contributed by atoms with Gasteiger partial charge in [-0.3, -0.25) is 0 Å². The standard InChI is InChI=1S/C118H83BN4/c1-115(2,3)78-63-76(64-79(69-78)116(4,5)6)77-67-110-114-111(68-77)123(107-54-30-48-99-113(107)91-66-75(73-33-11-8-12-34-73)56-60-97(91)118(99)94-45-23-15-37-84(94)85-38-16-24-46-95(85)118)109-71-81(121-104-51-27-19-41-88(104)89-42-20-28-52-105(89)121)58-62-101(109)119(114)100-61-57-80(120-102-49-25-17-39-86(102)87-40-18-26-50-103(87)120)70-108(100)122(110)106-53-29-47-98-112(106)90-65-74(72-31-9-7-10-32-72)55-59-96(90)117(98)92-43-21-13-35-82(92)83-36-14-22-44-93(83)117/h7-71H,1-6H3/i17D,18D,19D,20D,25D,26D,27D,28D,39D,40D,41D,42D,49D,50D,51D,52D. The number of hydrogen-bond acceptors (Lipinski definition) is 2. The summed E-state index contributed by atoms with van der Waals surface area (Å²) < 4.78 is 158. The molecule has 0 fully saturated rings. The van der Waals surface area contributed by atoms with Crippen LogP contribution in [-0.4, -0.2) is 15.8 Å². The van der Waals surface area contributed by atoms with E-state index >= 15 is 0 Å². The minimum atomic E-state index is -0.922. The molecule has 5 heteroatoms. The Balaban J connectivity index is 0.869. The van der Waals surface area contributed by atoms with Gasteiger partial charge in [0.25, 0.3) is 6.71 Å². The Kier molecular flexibility index (Phi) is 11.5. The molecule has 6 aliphatic rings. The van der Waals surface area contributed by atoms with Crippen LogP contribution in [0, 0.1) is 0 Å². The molecule has 4 heterocycles. The van der Waals surface area contributed by atoms with Crippen LogP contribution in [0.1, 0.15) is 119 Å². The van der Waals surface area contributed by atoms with Crippen LogP contribution in [0.15, 0.2) is 394 Å². The van der Waals surface area contributed by atoms with Crippen molar-refractivity contribution in [3.05, 3.63) is 450 Å². The molecular formula is C118H83BN4. The monoisotopic (exact) mass is 1580 g/mol. The van der Waals surface area contributed by atoms with Gasteiger partial charge in [-0.2, -0.15) is 0 Å². The molecule has 4 aliphatic carbocycles. The third-order valence-electron chi connectivity index (χ3n) is 27.5. The second-order valence-corrected chi connectivity index (χ2v) is 35.7. The van der Waals surface area contributed by atoms with Crippen LogP contribution in [0.3, 0.4) is 0 Å². The van der Waals surface area contributed by atoms with Gasteiger partial charge in [-0.25, -0.2) is 0 Å². The highest BCUT2D eigenvalue weighted by molar-refractivity contribution is 7.00. The molecule has 0 unspecified atom stereocenters. The topological polar surface area (TPSA) is 16.3 Å². The first kappa shape index (κ1) is 55.9. The maximum atomic E-state index is 10.1. The molecule has 20 aromatic rings. The summed E-state index contributed by atoms with van der Waals surface area (Å²) in [5.41, 5.74) is 29.0. The Labute approximate surface area is 739 Å². The first-order valence-electron chi connectivity index (χ1n) is 50.3. The minimum absolute atomic E-state index is 0.0534. The van der Waals surface area contributed by atoms with Crippen LogP contribution in [0.4, 0.5) is 34.1 Å². The zero-order valence-corrected chi connectivity index (χ0v) is 68.2. The van der Waals surface area contributed by atoms with E-state index in [9.17, 15) is 21.9 Å². The Hall–Kier alpha value is -14.8. The van der Waals surface area contributed by atoms with Crippen molar-refractivity contribution in [1.82, 2.24) is 9.13 Å². The number of anilines is 6. The lowest BCUT2D eigenvalue weighted by Gasteiger charge is -2.45. The van der Waals surface area contributed by atoms with Gasteiger partial charge in [0.1, 0.15) is 0 Å². The summed E-state index contributed by atoms with van der Waals surface area (Å²) in [6.45, 7) is 12.6. The molecule has 2 spiro atoms. The SMILES string of the molecule is [2H]c1c([2H])c([2H])c2c(c1[2H])c1c([2H])c([2H])c([2H])c([2H])c1n2-c1ccc2c(c1)N(c1cccc3c1-c1cc(-c4ccccc4)ccc1C31c3ccccc3-c3ccccc31)c1cc(-c3cc(C(C)(C)C)cc(C(C)(C)C)c3)cc3c1B2c1ccc(-n2c4c([2H])c([2H])c([2H])c([2H])c4c4c([2H])c([2H])c([2H])c([2H])c42)cc1N3c1cccc2c1-c1cc(-c3ccccc3)ccc1C21c2ccccc2-c2ccccc21. The van der Waals surface area contributed by atoms with Gasteiger partial charge < -0.3 is 18.9 Å². The van der Waals surface area contributed by atoms with Gasteiger partial charge in [-0.15, -0.1) is 0 Å². The van der Waals surface area contributed by atoms with E-state index in [-0.39, 0.29) is 43.6 Å². The number of nitrogens with zero attached hydrogens (tertiary/aromatic N) is 4. The zero-order chi connectivity index (χ0) is 95.6. The number of hydrogen-bond donors (Lipinski definition) is 0. The van der Waals surface area contributed by atoms with Crippen molar-refractivity contribution in [3.8, 4) is 89.3 Å². The summed E-state index contributed by atoms with van der Waals surface area (Å²) >= 11 is 0. The lowest BCUT2D eigenvalue weighted by Crippen LogP contribution is -2.61. The maximum Gasteiger partial charge on any atom is 0.252 e. The van der Waals surface area contributed by atoms with Gasteiger partial charge in [0.05, 0.1) is 66.2 Å². The summed E-state index contributed by atoms with van der Waals surface area (Å²) in [5, 5.41) is -0.302. The van der Waals surface area contributed by atoms with Crippen molar-refractivity contribution in [2.24, 2.45) is 0 Å². The lowest BCUT2D eigenvalue weighted by molar-refractivity contribution is 0.569. The van der Waals surface area contributed by atoms with Crippen molar-refractivity contribution < 1.29 is 21.9 Å². The number of para-hydroxylation sites is 4. The third kappa shape index (κ3) is 9.52. The zero-order valence-electron chi connectivity index (χ0n) is 84.2. The predicted octanol–water partition coefficient (Wildman–Crippen LogP) is 28.2. The molecule has 2 aromatic heterocycles. The molecule has 0 bridgehead atoms. The van der Waals surface area contributed by atoms with Gasteiger partial charge >= 0.3 is 0 Å². The average molecular weight is 1580 g/mol. The fourth-order valence-corrected chi connectivity index (χ4v) is 22.3. The molecule has 0 atom stereocenters. The van der Waals surface area contributed by atoms with Gasteiger partial charge in [-0.1, -0.05) is 351 Å². The second kappa shape index (κ2) is 25.4. The first-order chi connectivity index (χ1) is 66.9. The minimum Gasteiger partial charge on any atom is -0.311 e. The lowest BCUT2D eigenvalue weighted by atomic mass is 9.33. The summed E-state index contributed by atoms with van der Waals surface area (Å²) in [4.78, 5) is 4.79. The van der Waals surface area contributed by atoms with E-state index in [1.54, 1.807) is 9.13 Å². The van der Waals surface area contributed by atoms with Crippen LogP contribution < -0.4 is 26.2 Å². The highest BCUT2D eigenvalue weighted by Gasteiger charge is 2.56. The number of rotatable bonds is 7. The summed E-state index contributed by atoms with van der Waals surface area (Å²) in [7, 11) is 0. The molecule has 578 valence electrons. The molecule has 0 N–H and O–H groups in total. The normalized spacial score (nSPS) is 16.0. The highest BCUT2D eigenvalue weighted by atomic mass is 15.2. The van der Waals surface area contributed by atoms with Crippen molar-refractivity contribution >= 4 is 101 Å². The molecule has 2 aliphatic heterocycles. The van der Waals surface area contributed by atoms with Crippen LogP contribution in [0.2, 0.25) is 0 Å². The molecule has 0 saturated heterocycles. The van der Waals surface area contributed by atoms with Crippen molar-refractivity contribution in [1.29, 1.82) is 0 Å². The molecule has 0 radical (unpaired) electrons. The smallest absolute Gasteiger partial charge is 0.252 e. The van der Waals surface area contributed by atoms with E-state index in [0.717, 1.165) is 173 Å². The van der Waals surface area contributed by atoms with Crippen LogP contribution in [0.25, 0.3) is 133 Å². The van der Waals surface area contributed by atoms with Gasteiger partial charge in [-0.05, 0) is 234 Å². The van der Waals surface area contributed by atoms with E-state index < -0.39 is 125 Å².